The van der Waals surface area contributed by atoms with Crippen LogP contribution in [0.1, 0.15) is 47.2 Å². The maximum atomic E-state index is 13.4. The Balaban J connectivity index is 1.33. The number of esters is 1. The van der Waals surface area contributed by atoms with Gasteiger partial charge in [0.2, 0.25) is 5.91 Å². The third-order valence-corrected chi connectivity index (χ3v) is 6.63. The lowest BCUT2D eigenvalue weighted by Crippen LogP contribution is -2.53. The highest BCUT2D eigenvalue weighted by Gasteiger charge is 2.42. The largest absolute Gasteiger partial charge is 0.454 e. The average molecular weight is 478 g/mol. The van der Waals surface area contributed by atoms with Crippen molar-refractivity contribution in [3.63, 3.8) is 0 Å². The Morgan fingerprint density at radius 2 is 1.54 bits per heavy atom. The molecule has 3 amide bonds. The summed E-state index contributed by atoms with van der Waals surface area (Å²) in [5.74, 6) is -1.08. The molecule has 0 aromatic heterocycles. The summed E-state index contributed by atoms with van der Waals surface area (Å²) in [5.41, 5.74) is 2.51. The van der Waals surface area contributed by atoms with E-state index in [1.165, 1.54) is 0 Å². The van der Waals surface area contributed by atoms with Crippen LogP contribution >= 0.6 is 0 Å². The van der Waals surface area contributed by atoms with Gasteiger partial charge in [0.05, 0.1) is 11.6 Å². The first-order chi connectivity index (χ1) is 16.9. The minimum absolute atomic E-state index is 0.210. The lowest BCUT2D eigenvalue weighted by atomic mass is 10.1. The molecule has 0 saturated carbocycles. The molecule has 2 atom stereocenters. The highest BCUT2D eigenvalue weighted by atomic mass is 16.5. The van der Waals surface area contributed by atoms with Gasteiger partial charge in [-0.25, -0.2) is 9.59 Å². The third-order valence-electron chi connectivity index (χ3n) is 6.63. The first-order valence-corrected chi connectivity index (χ1v) is 12.1. The van der Waals surface area contributed by atoms with E-state index >= 15 is 0 Å². The van der Waals surface area contributed by atoms with Crippen molar-refractivity contribution in [1.82, 2.24) is 15.1 Å². The second kappa shape index (κ2) is 11.2. The minimum Gasteiger partial charge on any atom is -0.454 e. The van der Waals surface area contributed by atoms with Gasteiger partial charge in [-0.1, -0.05) is 48.0 Å². The molecule has 8 nitrogen and oxygen atoms in total. The van der Waals surface area contributed by atoms with Crippen LogP contribution in [0.15, 0.2) is 54.6 Å². The number of aryl methyl sites for hydroxylation is 1. The number of nitrogens with zero attached hydrogens (tertiary/aromatic N) is 2. The third kappa shape index (κ3) is 5.88. The summed E-state index contributed by atoms with van der Waals surface area (Å²) in [7, 11) is 0. The zero-order valence-corrected chi connectivity index (χ0v) is 19.9. The Morgan fingerprint density at radius 3 is 2.26 bits per heavy atom. The fourth-order valence-corrected chi connectivity index (χ4v) is 4.70. The normalized spacial score (nSPS) is 19.5. The van der Waals surface area contributed by atoms with Gasteiger partial charge >= 0.3 is 12.0 Å². The first kappa shape index (κ1) is 24.4. The minimum atomic E-state index is -0.635. The van der Waals surface area contributed by atoms with Gasteiger partial charge in [-0.15, -0.1) is 0 Å². The topological polar surface area (TPSA) is 96.0 Å². The number of Topliss-reactive ketones (excluding diaryl/α,β-unsaturated/α-hetero) is 1. The van der Waals surface area contributed by atoms with Gasteiger partial charge in [-0.2, -0.15) is 0 Å². The zero-order valence-electron chi connectivity index (χ0n) is 19.9. The van der Waals surface area contributed by atoms with Crippen LogP contribution in [-0.4, -0.2) is 65.3 Å². The molecule has 4 rings (SSSR count). The van der Waals surface area contributed by atoms with Crippen LogP contribution in [0.3, 0.4) is 0 Å². The van der Waals surface area contributed by atoms with E-state index in [0.29, 0.717) is 44.5 Å². The van der Waals surface area contributed by atoms with E-state index in [0.717, 1.165) is 17.5 Å². The number of likely N-dealkylation sites (tertiary alicyclic amines) is 2. The number of benzene rings is 2. The number of amides is 3. The number of urea groups is 1. The monoisotopic (exact) mass is 477 g/mol. The summed E-state index contributed by atoms with van der Waals surface area (Å²) in [6, 6.07) is 14.9. The van der Waals surface area contributed by atoms with Crippen LogP contribution in [-0.2, 0) is 20.9 Å². The van der Waals surface area contributed by atoms with E-state index < -0.39 is 18.1 Å². The smallest absolute Gasteiger partial charge is 0.338 e. The van der Waals surface area contributed by atoms with Crippen LogP contribution in [0.2, 0.25) is 0 Å². The number of ketones is 1. The zero-order chi connectivity index (χ0) is 24.8. The molecule has 0 aliphatic carbocycles. The molecule has 1 N–H and O–H groups in total. The van der Waals surface area contributed by atoms with Gasteiger partial charge in [-0.3, -0.25) is 9.59 Å². The maximum absolute atomic E-state index is 13.4. The molecule has 2 saturated heterocycles. The van der Waals surface area contributed by atoms with Gasteiger partial charge in [0, 0.05) is 19.6 Å². The van der Waals surface area contributed by atoms with Gasteiger partial charge in [0.1, 0.15) is 6.04 Å². The second-order valence-electron chi connectivity index (χ2n) is 9.09. The molecule has 2 aromatic carbocycles. The first-order valence-electron chi connectivity index (χ1n) is 12.1. The van der Waals surface area contributed by atoms with Gasteiger partial charge < -0.3 is 19.9 Å². The van der Waals surface area contributed by atoms with Gasteiger partial charge in [0.15, 0.2) is 12.4 Å². The molecule has 2 heterocycles. The lowest BCUT2D eigenvalue weighted by molar-refractivity contribution is -0.141. The predicted molar refractivity (Wildman–Crippen MR) is 130 cm³/mol. The fraction of sp³-hybridized carbons (Fsp3) is 0.407. The van der Waals surface area contributed by atoms with Crippen molar-refractivity contribution in [2.24, 2.45) is 0 Å². The summed E-state index contributed by atoms with van der Waals surface area (Å²) < 4.78 is 5.20. The number of carbonyl (C=O) groups is 4. The van der Waals surface area contributed by atoms with E-state index in [9.17, 15) is 19.2 Å². The molecular formula is C27H31N3O5. The van der Waals surface area contributed by atoms with Crippen LogP contribution in [0.4, 0.5) is 4.79 Å². The quantitative estimate of drug-likeness (QED) is 0.619. The number of hydrogen-bond donors (Lipinski definition) is 1. The molecule has 0 unspecified atom stereocenters. The van der Waals surface area contributed by atoms with E-state index in [-0.39, 0.29) is 24.3 Å². The number of ether oxygens (including phenoxy) is 1. The molecule has 0 bridgehead atoms. The Hall–Kier alpha value is -3.68. The lowest BCUT2D eigenvalue weighted by Gasteiger charge is -2.31. The summed E-state index contributed by atoms with van der Waals surface area (Å²) in [5, 5.41) is 2.91. The molecule has 2 aromatic rings. The SMILES string of the molecule is Cc1ccc(CNC(=O)N2CCC[C@H]2C(=O)N2CCC[C@H]2C(=O)COC(=O)c2ccccc2)cc1. The highest BCUT2D eigenvalue weighted by Crippen LogP contribution is 2.25. The maximum Gasteiger partial charge on any atom is 0.338 e. The number of carbonyl (C=O) groups excluding carboxylic acids is 4. The van der Waals surface area contributed by atoms with Crippen molar-refractivity contribution < 1.29 is 23.9 Å². The Kier molecular flexibility index (Phi) is 7.80. The fourth-order valence-electron chi connectivity index (χ4n) is 4.70. The van der Waals surface area contributed by atoms with Crippen molar-refractivity contribution >= 4 is 23.7 Å². The highest BCUT2D eigenvalue weighted by molar-refractivity contribution is 5.96. The van der Waals surface area contributed by atoms with E-state index in [1.54, 1.807) is 40.1 Å². The number of rotatable bonds is 7. The molecule has 0 spiro atoms. The molecular weight excluding hydrogens is 446 g/mol. The van der Waals surface area contributed by atoms with Gasteiger partial charge in [0.25, 0.3) is 0 Å². The second-order valence-corrected chi connectivity index (χ2v) is 9.09. The molecule has 2 fully saturated rings. The summed E-state index contributed by atoms with van der Waals surface area (Å²) in [4.78, 5) is 54.4. The van der Waals surface area contributed by atoms with Gasteiger partial charge in [-0.05, 0) is 50.3 Å². The van der Waals surface area contributed by atoms with Crippen LogP contribution < -0.4 is 5.32 Å². The van der Waals surface area contributed by atoms with Crippen molar-refractivity contribution in [3.8, 4) is 0 Å². The standard InChI is InChI=1S/C27H31N3O5/c1-19-11-13-20(14-12-19)17-28-27(34)30-16-6-10-23(30)25(32)29-15-5-9-22(29)24(31)18-35-26(33)21-7-3-2-4-8-21/h2-4,7-8,11-14,22-23H,5-6,9-10,15-18H2,1H3,(H,28,34)/t22-,23-/m0/s1. The van der Waals surface area contributed by atoms with E-state index in [2.05, 4.69) is 5.32 Å². The molecule has 0 radical (unpaired) electrons. The number of nitrogens with one attached hydrogen (secondary N) is 1. The van der Waals surface area contributed by atoms with E-state index in [1.807, 2.05) is 31.2 Å². The molecule has 35 heavy (non-hydrogen) atoms. The van der Waals surface area contributed by atoms with Crippen molar-refractivity contribution in [3.05, 3.63) is 71.3 Å². The molecule has 184 valence electrons. The number of hydrogen-bond acceptors (Lipinski definition) is 5. The Morgan fingerprint density at radius 1 is 0.886 bits per heavy atom. The van der Waals surface area contributed by atoms with E-state index in [4.69, 9.17) is 4.74 Å². The summed E-state index contributed by atoms with van der Waals surface area (Å²) in [6.45, 7) is 2.96. The van der Waals surface area contributed by atoms with Crippen LogP contribution in [0.25, 0.3) is 0 Å². The van der Waals surface area contributed by atoms with Crippen molar-refractivity contribution in [2.75, 3.05) is 19.7 Å². The van der Waals surface area contributed by atoms with Crippen molar-refractivity contribution in [1.29, 1.82) is 0 Å². The molecule has 2 aliphatic rings. The molecule has 8 heteroatoms. The van der Waals surface area contributed by atoms with Crippen LogP contribution in [0, 0.1) is 6.92 Å². The van der Waals surface area contributed by atoms with Crippen LogP contribution in [0.5, 0.6) is 0 Å². The predicted octanol–water partition coefficient (Wildman–Crippen LogP) is 3.09. The van der Waals surface area contributed by atoms with Crippen molar-refractivity contribution in [2.45, 2.75) is 51.2 Å². The average Bonchev–Trinajstić information content (AvgIpc) is 3.57. The summed E-state index contributed by atoms with van der Waals surface area (Å²) >= 11 is 0. The Bertz CT molecular complexity index is 1070. The Labute approximate surface area is 205 Å². The summed E-state index contributed by atoms with van der Waals surface area (Å²) in [6.07, 6.45) is 2.52. The molecule has 2 aliphatic heterocycles.